The lowest BCUT2D eigenvalue weighted by Gasteiger charge is -2.04. The average Bonchev–Trinajstić information content (AvgIpc) is 3.12. The molecule has 0 unspecified atom stereocenters. The van der Waals surface area contributed by atoms with Crippen molar-refractivity contribution in [2.75, 3.05) is 0 Å². The largest absolute Gasteiger partial charge is 0.346 e. The molecule has 108 valence electrons. The molecule has 0 bridgehead atoms. The van der Waals surface area contributed by atoms with Gasteiger partial charge < -0.3 is 10.3 Å². The van der Waals surface area contributed by atoms with Crippen molar-refractivity contribution in [3.05, 3.63) is 45.9 Å². The first-order chi connectivity index (χ1) is 10.2. The molecule has 0 saturated carbocycles. The third-order valence-electron chi connectivity index (χ3n) is 3.06. The number of imidazole rings is 1. The van der Waals surface area contributed by atoms with Gasteiger partial charge in [-0.05, 0) is 18.6 Å². The summed E-state index contributed by atoms with van der Waals surface area (Å²) in [5.74, 6) is -0.837. The molecule has 7 heteroatoms. The van der Waals surface area contributed by atoms with Crippen LogP contribution in [0.25, 0.3) is 11.0 Å². The fourth-order valence-corrected chi connectivity index (χ4v) is 2.79. The van der Waals surface area contributed by atoms with E-state index < -0.39 is 5.82 Å². The van der Waals surface area contributed by atoms with Crippen molar-refractivity contribution < 1.29 is 9.18 Å². The maximum Gasteiger partial charge on any atom is 0.253 e. The highest BCUT2D eigenvalue weighted by Gasteiger charge is 2.14. The number of benzene rings is 1. The fraction of sp³-hybridized carbons (Fsp3) is 0.214. The number of hydrogen-bond acceptors (Lipinski definition) is 4. The molecule has 2 aromatic heterocycles. The molecule has 1 amide bonds. The molecule has 2 heterocycles. The maximum absolute atomic E-state index is 13.5. The van der Waals surface area contributed by atoms with E-state index in [1.165, 1.54) is 18.5 Å². The lowest BCUT2D eigenvalue weighted by atomic mass is 10.1. The Balaban J connectivity index is 1.79. The predicted molar refractivity (Wildman–Crippen MR) is 78.7 cm³/mol. The van der Waals surface area contributed by atoms with Crippen molar-refractivity contribution in [2.24, 2.45) is 0 Å². The van der Waals surface area contributed by atoms with Crippen molar-refractivity contribution >= 4 is 28.3 Å². The summed E-state index contributed by atoms with van der Waals surface area (Å²) < 4.78 is 13.5. The second-order valence-corrected chi connectivity index (χ2v) is 5.46. The van der Waals surface area contributed by atoms with E-state index in [-0.39, 0.29) is 11.5 Å². The highest BCUT2D eigenvalue weighted by atomic mass is 32.1. The third kappa shape index (κ3) is 2.78. The van der Waals surface area contributed by atoms with Gasteiger partial charge >= 0.3 is 0 Å². The molecule has 0 aliphatic heterocycles. The smallest absolute Gasteiger partial charge is 0.253 e. The van der Waals surface area contributed by atoms with Crippen LogP contribution in [0.15, 0.2) is 23.8 Å². The Kier molecular flexibility index (Phi) is 3.66. The van der Waals surface area contributed by atoms with Crippen LogP contribution in [0.2, 0.25) is 0 Å². The average molecular weight is 304 g/mol. The molecular weight excluding hydrogens is 291 g/mol. The van der Waals surface area contributed by atoms with Crippen LogP contribution in [0.1, 0.15) is 28.0 Å². The number of H-pyrrole nitrogens is 1. The zero-order valence-electron chi connectivity index (χ0n) is 11.3. The van der Waals surface area contributed by atoms with Crippen LogP contribution in [0.3, 0.4) is 0 Å². The van der Waals surface area contributed by atoms with Crippen molar-refractivity contribution in [3.63, 3.8) is 0 Å². The third-order valence-corrected chi connectivity index (χ3v) is 4.11. The highest BCUT2D eigenvalue weighted by molar-refractivity contribution is 7.09. The van der Waals surface area contributed by atoms with Gasteiger partial charge in [0, 0.05) is 5.38 Å². The number of aromatic amines is 1. The monoisotopic (exact) mass is 304 g/mol. The Morgan fingerprint density at radius 3 is 3.10 bits per heavy atom. The van der Waals surface area contributed by atoms with Gasteiger partial charge in [-0.15, -0.1) is 11.3 Å². The molecule has 0 atom stereocenters. The first kappa shape index (κ1) is 13.7. The lowest BCUT2D eigenvalue weighted by molar-refractivity contribution is 0.0951. The van der Waals surface area contributed by atoms with Gasteiger partial charge in [0.2, 0.25) is 0 Å². The van der Waals surface area contributed by atoms with E-state index in [1.54, 1.807) is 11.3 Å². The molecule has 3 aromatic rings. The molecule has 5 nitrogen and oxygen atoms in total. The number of thiazole rings is 1. The molecule has 0 fully saturated rings. The van der Waals surface area contributed by atoms with Gasteiger partial charge in [-0.25, -0.2) is 14.4 Å². The highest BCUT2D eigenvalue weighted by Crippen LogP contribution is 2.17. The fourth-order valence-electron chi connectivity index (χ4n) is 2.05. The Hall–Kier alpha value is -2.28. The molecule has 2 N–H and O–H groups in total. The van der Waals surface area contributed by atoms with E-state index in [9.17, 15) is 9.18 Å². The van der Waals surface area contributed by atoms with E-state index in [2.05, 4.69) is 20.3 Å². The quantitative estimate of drug-likeness (QED) is 0.778. The minimum atomic E-state index is -0.473. The number of amides is 1. The maximum atomic E-state index is 13.5. The van der Waals surface area contributed by atoms with E-state index in [1.807, 2.05) is 12.3 Å². The summed E-state index contributed by atoms with van der Waals surface area (Å²) in [5, 5.41) is 5.69. The van der Waals surface area contributed by atoms with Crippen molar-refractivity contribution in [2.45, 2.75) is 19.9 Å². The number of fused-ring (bicyclic) bond motifs is 1. The molecule has 21 heavy (non-hydrogen) atoms. The van der Waals surface area contributed by atoms with Gasteiger partial charge in [0.25, 0.3) is 5.91 Å². The summed E-state index contributed by atoms with van der Waals surface area (Å²) in [6.07, 6.45) is 2.31. The standard InChI is InChI=1S/C14H13FN4OS/c1-2-12-19-9(6-21-12)5-16-14(20)10-3-8(15)4-11-13(10)18-7-17-11/h3-4,6-7H,2,5H2,1H3,(H,16,20)(H,17,18). The van der Waals surface area contributed by atoms with Crippen LogP contribution in [-0.4, -0.2) is 20.9 Å². The molecule has 1 aromatic carbocycles. The van der Waals surface area contributed by atoms with Gasteiger partial charge in [-0.1, -0.05) is 6.92 Å². The van der Waals surface area contributed by atoms with Crippen molar-refractivity contribution in [1.29, 1.82) is 0 Å². The minimum absolute atomic E-state index is 0.220. The number of halogens is 1. The summed E-state index contributed by atoms with van der Waals surface area (Å²) in [6, 6.07) is 2.50. The zero-order valence-corrected chi connectivity index (χ0v) is 12.1. The Morgan fingerprint density at radius 2 is 2.33 bits per heavy atom. The van der Waals surface area contributed by atoms with Crippen LogP contribution in [0.5, 0.6) is 0 Å². The summed E-state index contributed by atoms with van der Waals surface area (Å²) in [7, 11) is 0. The second kappa shape index (κ2) is 5.61. The van der Waals surface area contributed by atoms with E-state index in [0.717, 1.165) is 17.1 Å². The van der Waals surface area contributed by atoms with Crippen molar-refractivity contribution in [3.8, 4) is 0 Å². The zero-order chi connectivity index (χ0) is 14.8. The van der Waals surface area contributed by atoms with E-state index in [4.69, 9.17) is 0 Å². The molecule has 0 aliphatic rings. The molecule has 0 spiro atoms. The van der Waals surface area contributed by atoms with Crippen LogP contribution in [0, 0.1) is 5.82 Å². The lowest BCUT2D eigenvalue weighted by Crippen LogP contribution is -2.23. The molecule has 3 rings (SSSR count). The Bertz CT molecular complexity index is 795. The molecule has 0 radical (unpaired) electrons. The summed E-state index contributed by atoms with van der Waals surface area (Å²) in [6.45, 7) is 2.35. The molecular formula is C14H13FN4OS. The number of hydrogen-bond donors (Lipinski definition) is 2. The second-order valence-electron chi connectivity index (χ2n) is 4.52. The summed E-state index contributed by atoms with van der Waals surface area (Å²) in [4.78, 5) is 23.4. The van der Waals surface area contributed by atoms with Crippen LogP contribution in [0.4, 0.5) is 4.39 Å². The number of carbonyl (C=O) groups excluding carboxylic acids is 1. The van der Waals surface area contributed by atoms with Crippen LogP contribution < -0.4 is 5.32 Å². The van der Waals surface area contributed by atoms with Crippen LogP contribution in [-0.2, 0) is 13.0 Å². The number of rotatable bonds is 4. The normalized spacial score (nSPS) is 11.0. The van der Waals surface area contributed by atoms with Gasteiger partial charge in [-0.3, -0.25) is 4.79 Å². The SMILES string of the molecule is CCc1nc(CNC(=O)c2cc(F)cc3[nH]cnc23)cs1. The number of aryl methyl sites for hydroxylation is 1. The molecule has 0 saturated heterocycles. The Morgan fingerprint density at radius 1 is 1.48 bits per heavy atom. The first-order valence-corrected chi connectivity index (χ1v) is 7.39. The van der Waals surface area contributed by atoms with Crippen molar-refractivity contribution in [1.82, 2.24) is 20.3 Å². The minimum Gasteiger partial charge on any atom is -0.346 e. The summed E-state index contributed by atoms with van der Waals surface area (Å²) in [5.41, 5.74) is 1.99. The van der Waals surface area contributed by atoms with Gasteiger partial charge in [0.15, 0.2) is 0 Å². The van der Waals surface area contributed by atoms with Crippen LogP contribution >= 0.6 is 11.3 Å². The van der Waals surface area contributed by atoms with E-state index in [0.29, 0.717) is 17.6 Å². The van der Waals surface area contributed by atoms with Gasteiger partial charge in [0.1, 0.15) is 11.3 Å². The number of nitrogens with one attached hydrogen (secondary N) is 2. The first-order valence-electron chi connectivity index (χ1n) is 6.51. The predicted octanol–water partition coefficient (Wildman–Crippen LogP) is 2.65. The summed E-state index contributed by atoms with van der Waals surface area (Å²) >= 11 is 1.56. The number of nitrogens with zero attached hydrogens (tertiary/aromatic N) is 2. The van der Waals surface area contributed by atoms with E-state index >= 15 is 0 Å². The Labute approximate surface area is 124 Å². The van der Waals surface area contributed by atoms with Gasteiger partial charge in [-0.2, -0.15) is 0 Å². The topological polar surface area (TPSA) is 70.7 Å². The molecule has 0 aliphatic carbocycles. The number of carbonyl (C=O) groups is 1. The number of aromatic nitrogens is 3. The van der Waals surface area contributed by atoms with Gasteiger partial charge in [0.05, 0.1) is 34.7 Å².